The molecule has 1 fully saturated rings. The fourth-order valence-corrected chi connectivity index (χ4v) is 3.49. The van der Waals surface area contributed by atoms with Gasteiger partial charge in [0.2, 0.25) is 0 Å². The average Bonchev–Trinajstić information content (AvgIpc) is 2.52. The van der Waals surface area contributed by atoms with E-state index in [1.165, 1.54) is 24.2 Å². The van der Waals surface area contributed by atoms with E-state index in [9.17, 15) is 8.42 Å². The van der Waals surface area contributed by atoms with Crippen molar-refractivity contribution in [2.45, 2.75) is 31.8 Å². The van der Waals surface area contributed by atoms with Crippen LogP contribution in [-0.4, -0.2) is 44.0 Å². The first-order valence-electron chi connectivity index (χ1n) is 4.99. The SMILES string of the molecule is CC(CCS(C)(=O)=O)NC1CCSC1. The average molecular weight is 237 g/mol. The third kappa shape index (κ3) is 5.22. The summed E-state index contributed by atoms with van der Waals surface area (Å²) in [6.45, 7) is 2.06. The molecule has 0 aliphatic carbocycles. The second kappa shape index (κ2) is 5.37. The van der Waals surface area contributed by atoms with Crippen LogP contribution in [0.3, 0.4) is 0 Å². The lowest BCUT2D eigenvalue weighted by Crippen LogP contribution is -2.37. The predicted octanol–water partition coefficient (Wildman–Crippen LogP) is 0.905. The maximum Gasteiger partial charge on any atom is 0.147 e. The zero-order valence-electron chi connectivity index (χ0n) is 8.82. The third-order valence-electron chi connectivity index (χ3n) is 2.37. The monoisotopic (exact) mass is 237 g/mol. The Morgan fingerprint density at radius 3 is 2.79 bits per heavy atom. The van der Waals surface area contributed by atoms with Gasteiger partial charge in [-0.2, -0.15) is 11.8 Å². The van der Waals surface area contributed by atoms with Gasteiger partial charge in [-0.05, 0) is 25.5 Å². The van der Waals surface area contributed by atoms with Crippen molar-refractivity contribution in [1.82, 2.24) is 5.32 Å². The van der Waals surface area contributed by atoms with E-state index in [-0.39, 0.29) is 0 Å². The summed E-state index contributed by atoms with van der Waals surface area (Å²) in [5.41, 5.74) is 0. The van der Waals surface area contributed by atoms with Crippen LogP contribution in [0.5, 0.6) is 0 Å². The molecule has 0 saturated carbocycles. The molecular formula is C9H19NO2S2. The summed E-state index contributed by atoms with van der Waals surface area (Å²) in [4.78, 5) is 0. The summed E-state index contributed by atoms with van der Waals surface area (Å²) in [5.74, 6) is 2.70. The largest absolute Gasteiger partial charge is 0.311 e. The van der Waals surface area contributed by atoms with Crippen molar-refractivity contribution in [3.63, 3.8) is 0 Å². The fraction of sp³-hybridized carbons (Fsp3) is 1.00. The molecule has 1 N–H and O–H groups in total. The number of hydrogen-bond donors (Lipinski definition) is 1. The summed E-state index contributed by atoms with van der Waals surface area (Å²) in [6.07, 6.45) is 3.24. The first-order chi connectivity index (χ1) is 6.47. The number of nitrogens with one attached hydrogen (secondary N) is 1. The van der Waals surface area contributed by atoms with Crippen molar-refractivity contribution in [2.24, 2.45) is 0 Å². The van der Waals surface area contributed by atoms with Crippen LogP contribution in [0.1, 0.15) is 19.8 Å². The first-order valence-corrected chi connectivity index (χ1v) is 8.20. The molecule has 3 nitrogen and oxygen atoms in total. The van der Waals surface area contributed by atoms with E-state index in [2.05, 4.69) is 12.2 Å². The van der Waals surface area contributed by atoms with Crippen LogP contribution in [0.2, 0.25) is 0 Å². The molecule has 0 aromatic carbocycles. The van der Waals surface area contributed by atoms with Crippen LogP contribution in [0.25, 0.3) is 0 Å². The standard InChI is InChI=1S/C9H19NO2S2/c1-8(4-6-14(2,11)12)10-9-3-5-13-7-9/h8-10H,3-7H2,1-2H3. The zero-order valence-corrected chi connectivity index (χ0v) is 10.5. The lowest BCUT2D eigenvalue weighted by Gasteiger charge is -2.18. The van der Waals surface area contributed by atoms with E-state index in [1.807, 2.05) is 11.8 Å². The molecule has 1 aliphatic rings. The van der Waals surface area contributed by atoms with Crippen molar-refractivity contribution in [3.05, 3.63) is 0 Å². The second-order valence-electron chi connectivity index (χ2n) is 4.05. The Hall–Kier alpha value is 0.260. The van der Waals surface area contributed by atoms with E-state index in [4.69, 9.17) is 0 Å². The molecule has 0 radical (unpaired) electrons. The quantitative estimate of drug-likeness (QED) is 0.772. The van der Waals surface area contributed by atoms with Crippen molar-refractivity contribution in [2.75, 3.05) is 23.5 Å². The molecule has 1 heterocycles. The maximum atomic E-state index is 10.9. The Balaban J connectivity index is 2.18. The molecule has 0 bridgehead atoms. The molecule has 0 amide bonds. The molecule has 1 aliphatic heterocycles. The number of sulfone groups is 1. The van der Waals surface area contributed by atoms with Crippen LogP contribution in [-0.2, 0) is 9.84 Å². The van der Waals surface area contributed by atoms with Crippen molar-refractivity contribution >= 4 is 21.6 Å². The molecule has 0 spiro atoms. The molecule has 1 saturated heterocycles. The van der Waals surface area contributed by atoms with Gasteiger partial charge in [-0.1, -0.05) is 0 Å². The number of rotatable bonds is 5. The summed E-state index contributed by atoms with van der Waals surface area (Å²) in [6, 6.07) is 0.906. The van der Waals surface area contributed by atoms with E-state index in [1.54, 1.807) is 0 Å². The molecule has 1 rings (SSSR count). The molecule has 5 heteroatoms. The summed E-state index contributed by atoms with van der Waals surface area (Å²) >= 11 is 1.97. The van der Waals surface area contributed by atoms with E-state index in [0.717, 1.165) is 6.42 Å². The van der Waals surface area contributed by atoms with Gasteiger partial charge in [0.25, 0.3) is 0 Å². The van der Waals surface area contributed by atoms with Gasteiger partial charge in [0.15, 0.2) is 0 Å². The highest BCUT2D eigenvalue weighted by atomic mass is 32.2. The molecule has 2 atom stereocenters. The molecule has 2 unspecified atom stereocenters. The minimum atomic E-state index is -2.80. The minimum Gasteiger partial charge on any atom is -0.311 e. The van der Waals surface area contributed by atoms with Gasteiger partial charge in [-0.3, -0.25) is 0 Å². The predicted molar refractivity (Wildman–Crippen MR) is 62.7 cm³/mol. The minimum absolute atomic E-state index is 0.293. The van der Waals surface area contributed by atoms with Gasteiger partial charge in [0, 0.05) is 24.1 Å². The van der Waals surface area contributed by atoms with Gasteiger partial charge >= 0.3 is 0 Å². The lowest BCUT2D eigenvalue weighted by atomic mass is 10.2. The summed E-state index contributed by atoms with van der Waals surface area (Å²) in [7, 11) is -2.80. The Labute approximate surface area is 91.0 Å². The van der Waals surface area contributed by atoms with E-state index >= 15 is 0 Å². The van der Waals surface area contributed by atoms with Crippen LogP contribution in [0, 0.1) is 0 Å². The highest BCUT2D eigenvalue weighted by Crippen LogP contribution is 2.17. The van der Waals surface area contributed by atoms with Crippen LogP contribution >= 0.6 is 11.8 Å². The highest BCUT2D eigenvalue weighted by molar-refractivity contribution is 7.99. The normalized spacial score (nSPS) is 25.1. The van der Waals surface area contributed by atoms with Crippen LogP contribution in [0.4, 0.5) is 0 Å². The van der Waals surface area contributed by atoms with Crippen molar-refractivity contribution in [1.29, 1.82) is 0 Å². The summed E-state index contributed by atoms with van der Waals surface area (Å²) in [5, 5.41) is 3.47. The fourth-order valence-electron chi connectivity index (χ4n) is 1.54. The van der Waals surface area contributed by atoms with Gasteiger partial charge in [0.05, 0.1) is 5.75 Å². The van der Waals surface area contributed by atoms with Crippen LogP contribution in [0.15, 0.2) is 0 Å². The first kappa shape index (κ1) is 12.3. The topological polar surface area (TPSA) is 46.2 Å². The Bertz CT molecular complexity index is 258. The Kier molecular flexibility index (Phi) is 4.73. The molecule has 14 heavy (non-hydrogen) atoms. The maximum absolute atomic E-state index is 10.9. The number of thioether (sulfide) groups is 1. The summed E-state index contributed by atoms with van der Waals surface area (Å²) < 4.78 is 21.9. The third-order valence-corrected chi connectivity index (χ3v) is 4.51. The van der Waals surface area contributed by atoms with Crippen molar-refractivity contribution in [3.8, 4) is 0 Å². The zero-order chi connectivity index (χ0) is 10.6. The molecule has 84 valence electrons. The lowest BCUT2D eigenvalue weighted by molar-refractivity contribution is 0.462. The highest BCUT2D eigenvalue weighted by Gasteiger charge is 2.17. The molecule has 0 aromatic rings. The molecular weight excluding hydrogens is 218 g/mol. The van der Waals surface area contributed by atoms with Gasteiger partial charge in [-0.25, -0.2) is 8.42 Å². The van der Waals surface area contributed by atoms with Crippen LogP contribution < -0.4 is 5.32 Å². The van der Waals surface area contributed by atoms with Gasteiger partial charge in [0.1, 0.15) is 9.84 Å². The second-order valence-corrected chi connectivity index (χ2v) is 7.46. The smallest absolute Gasteiger partial charge is 0.147 e. The number of hydrogen-bond acceptors (Lipinski definition) is 4. The Morgan fingerprint density at radius 2 is 2.29 bits per heavy atom. The van der Waals surface area contributed by atoms with E-state index < -0.39 is 9.84 Å². The van der Waals surface area contributed by atoms with E-state index in [0.29, 0.717) is 17.8 Å². The molecule has 0 aromatic heterocycles. The Morgan fingerprint density at radius 1 is 1.57 bits per heavy atom. The van der Waals surface area contributed by atoms with Gasteiger partial charge < -0.3 is 5.32 Å². The van der Waals surface area contributed by atoms with Gasteiger partial charge in [-0.15, -0.1) is 0 Å². The van der Waals surface area contributed by atoms with Crippen molar-refractivity contribution < 1.29 is 8.42 Å².